The molecular formula is C12H13ClO. The topological polar surface area (TPSA) is 9.23 Å². The average Bonchev–Trinajstić information content (AvgIpc) is 2.14. The highest BCUT2D eigenvalue weighted by molar-refractivity contribution is 6.19. The highest BCUT2D eigenvalue weighted by atomic mass is 35.5. The Labute approximate surface area is 90.0 Å². The third kappa shape index (κ3) is 3.72. The summed E-state index contributed by atoms with van der Waals surface area (Å²) in [6.45, 7) is 3.99. The first-order valence-corrected chi connectivity index (χ1v) is 5.07. The summed E-state index contributed by atoms with van der Waals surface area (Å²) in [4.78, 5) is 0. The fraction of sp³-hybridized carbons (Fsp3) is 0.333. The number of ether oxygens (including phenoxy) is 1. The van der Waals surface area contributed by atoms with Crippen molar-refractivity contribution >= 4 is 11.6 Å². The van der Waals surface area contributed by atoms with Gasteiger partial charge >= 0.3 is 0 Å². The smallest absolute Gasteiger partial charge is 0.120 e. The lowest BCUT2D eigenvalue weighted by Gasteiger charge is -2.09. The zero-order valence-electron chi connectivity index (χ0n) is 8.38. The van der Waals surface area contributed by atoms with Crippen LogP contribution in [-0.2, 0) is 0 Å². The predicted octanol–water partition coefficient (Wildman–Crippen LogP) is 3.06. The second-order valence-corrected chi connectivity index (χ2v) is 3.40. The van der Waals surface area contributed by atoms with Crippen LogP contribution in [-0.4, -0.2) is 12.0 Å². The molecule has 1 rings (SSSR count). The number of rotatable bonds is 2. The van der Waals surface area contributed by atoms with Crippen LogP contribution in [0.4, 0.5) is 0 Å². The van der Waals surface area contributed by atoms with Crippen molar-refractivity contribution in [2.45, 2.75) is 20.0 Å². The summed E-state index contributed by atoms with van der Waals surface area (Å²) in [6, 6.07) is 7.70. The summed E-state index contributed by atoms with van der Waals surface area (Å²) in [5, 5.41) is 0. The molecule has 0 heterocycles. The number of halogens is 1. The zero-order chi connectivity index (χ0) is 10.4. The Morgan fingerprint density at radius 2 is 2.21 bits per heavy atom. The highest BCUT2D eigenvalue weighted by Crippen LogP contribution is 2.13. The van der Waals surface area contributed by atoms with Gasteiger partial charge < -0.3 is 4.74 Å². The van der Waals surface area contributed by atoms with Crippen LogP contribution >= 0.6 is 11.6 Å². The van der Waals surface area contributed by atoms with E-state index in [0.717, 1.165) is 11.3 Å². The van der Waals surface area contributed by atoms with Gasteiger partial charge in [-0.1, -0.05) is 17.9 Å². The lowest BCUT2D eigenvalue weighted by atomic mass is 10.2. The Hall–Kier alpha value is -1.13. The van der Waals surface area contributed by atoms with E-state index in [1.807, 2.05) is 38.1 Å². The molecule has 0 aliphatic heterocycles. The standard InChI is InChI=1S/C12H13ClO/c1-10(2)14-12-7-3-5-11(9-12)6-4-8-13/h3,5,7,9-10H,8H2,1-2H3. The number of hydrogen-bond acceptors (Lipinski definition) is 1. The molecule has 74 valence electrons. The molecule has 1 aromatic rings. The normalized spacial score (nSPS) is 9.43. The van der Waals surface area contributed by atoms with Gasteiger partial charge in [0.25, 0.3) is 0 Å². The second-order valence-electron chi connectivity index (χ2n) is 3.13. The van der Waals surface area contributed by atoms with E-state index < -0.39 is 0 Å². The van der Waals surface area contributed by atoms with Gasteiger partial charge in [0.2, 0.25) is 0 Å². The van der Waals surface area contributed by atoms with Crippen LogP contribution in [0.15, 0.2) is 24.3 Å². The van der Waals surface area contributed by atoms with Gasteiger partial charge in [-0.05, 0) is 32.0 Å². The molecule has 0 amide bonds. The molecule has 0 bridgehead atoms. The van der Waals surface area contributed by atoms with Gasteiger partial charge in [0.1, 0.15) is 5.75 Å². The predicted molar refractivity (Wildman–Crippen MR) is 59.8 cm³/mol. The van der Waals surface area contributed by atoms with E-state index in [1.165, 1.54) is 0 Å². The van der Waals surface area contributed by atoms with Crippen molar-refractivity contribution in [1.29, 1.82) is 0 Å². The molecule has 0 N–H and O–H groups in total. The molecular weight excluding hydrogens is 196 g/mol. The molecule has 0 spiro atoms. The molecule has 0 unspecified atom stereocenters. The van der Waals surface area contributed by atoms with Crippen molar-refractivity contribution in [3.63, 3.8) is 0 Å². The summed E-state index contributed by atoms with van der Waals surface area (Å²) < 4.78 is 5.53. The van der Waals surface area contributed by atoms with E-state index in [1.54, 1.807) is 0 Å². The maximum atomic E-state index is 5.53. The maximum Gasteiger partial charge on any atom is 0.120 e. The molecule has 0 fully saturated rings. The van der Waals surface area contributed by atoms with Crippen molar-refractivity contribution in [2.24, 2.45) is 0 Å². The zero-order valence-corrected chi connectivity index (χ0v) is 9.14. The van der Waals surface area contributed by atoms with Gasteiger partial charge in [-0.3, -0.25) is 0 Å². The van der Waals surface area contributed by atoms with E-state index in [0.29, 0.717) is 5.88 Å². The monoisotopic (exact) mass is 208 g/mol. The first kappa shape index (κ1) is 10.9. The summed E-state index contributed by atoms with van der Waals surface area (Å²) in [7, 11) is 0. The number of benzene rings is 1. The first-order chi connectivity index (χ1) is 6.72. The van der Waals surface area contributed by atoms with E-state index in [2.05, 4.69) is 11.8 Å². The van der Waals surface area contributed by atoms with Crippen LogP contribution in [0.5, 0.6) is 5.75 Å². The highest BCUT2D eigenvalue weighted by Gasteiger charge is 1.96. The Morgan fingerprint density at radius 1 is 1.43 bits per heavy atom. The minimum absolute atomic E-state index is 0.186. The van der Waals surface area contributed by atoms with Crippen LogP contribution in [0.2, 0.25) is 0 Å². The van der Waals surface area contributed by atoms with E-state index in [4.69, 9.17) is 16.3 Å². The van der Waals surface area contributed by atoms with Gasteiger partial charge in [-0.15, -0.1) is 11.6 Å². The number of hydrogen-bond donors (Lipinski definition) is 0. The largest absolute Gasteiger partial charge is 0.491 e. The molecule has 0 aliphatic carbocycles. The Bertz CT molecular complexity index is 347. The summed E-state index contributed by atoms with van der Waals surface area (Å²) in [5.74, 6) is 6.96. The number of alkyl halides is 1. The van der Waals surface area contributed by atoms with Crippen LogP contribution in [0, 0.1) is 11.8 Å². The van der Waals surface area contributed by atoms with Crippen molar-refractivity contribution in [1.82, 2.24) is 0 Å². The fourth-order valence-electron chi connectivity index (χ4n) is 1.05. The molecule has 0 saturated carbocycles. The van der Waals surface area contributed by atoms with E-state index in [-0.39, 0.29) is 6.10 Å². The third-order valence-corrected chi connectivity index (χ3v) is 1.64. The summed E-state index contributed by atoms with van der Waals surface area (Å²) in [5.41, 5.74) is 0.934. The lowest BCUT2D eigenvalue weighted by molar-refractivity contribution is 0.242. The van der Waals surface area contributed by atoms with Crippen molar-refractivity contribution in [3.05, 3.63) is 29.8 Å². The van der Waals surface area contributed by atoms with E-state index in [9.17, 15) is 0 Å². The Balaban J connectivity index is 2.78. The molecule has 1 nitrogen and oxygen atoms in total. The molecule has 0 atom stereocenters. The van der Waals surface area contributed by atoms with Gasteiger partial charge in [-0.2, -0.15) is 0 Å². The summed E-state index contributed by atoms with van der Waals surface area (Å²) >= 11 is 5.47. The van der Waals surface area contributed by atoms with Gasteiger partial charge in [0.15, 0.2) is 0 Å². The maximum absolute atomic E-state index is 5.53. The van der Waals surface area contributed by atoms with Crippen LogP contribution < -0.4 is 4.74 Å². The first-order valence-electron chi connectivity index (χ1n) is 4.54. The molecule has 0 radical (unpaired) electrons. The minimum Gasteiger partial charge on any atom is -0.491 e. The van der Waals surface area contributed by atoms with Crippen LogP contribution in [0.25, 0.3) is 0 Å². The lowest BCUT2D eigenvalue weighted by Crippen LogP contribution is -2.05. The average molecular weight is 209 g/mol. The van der Waals surface area contributed by atoms with E-state index >= 15 is 0 Å². The van der Waals surface area contributed by atoms with Gasteiger partial charge in [0, 0.05) is 5.56 Å². The van der Waals surface area contributed by atoms with Crippen molar-refractivity contribution in [3.8, 4) is 17.6 Å². The Morgan fingerprint density at radius 3 is 2.86 bits per heavy atom. The Kier molecular flexibility index (Phi) is 4.35. The van der Waals surface area contributed by atoms with Gasteiger partial charge in [0.05, 0.1) is 12.0 Å². The molecule has 2 heteroatoms. The second kappa shape index (κ2) is 5.57. The van der Waals surface area contributed by atoms with Crippen molar-refractivity contribution < 1.29 is 4.74 Å². The molecule has 0 saturated heterocycles. The minimum atomic E-state index is 0.186. The molecule has 0 aromatic heterocycles. The molecule has 14 heavy (non-hydrogen) atoms. The van der Waals surface area contributed by atoms with Gasteiger partial charge in [-0.25, -0.2) is 0 Å². The summed E-state index contributed by atoms with van der Waals surface area (Å²) in [6.07, 6.45) is 0.186. The van der Waals surface area contributed by atoms with Crippen molar-refractivity contribution in [2.75, 3.05) is 5.88 Å². The molecule has 0 aliphatic rings. The fourth-order valence-corrected chi connectivity index (χ4v) is 1.12. The molecule has 1 aromatic carbocycles. The third-order valence-electron chi connectivity index (χ3n) is 1.51. The SMILES string of the molecule is CC(C)Oc1cccc(C#CCCl)c1. The quantitative estimate of drug-likeness (QED) is 0.536. The van der Waals surface area contributed by atoms with Crippen LogP contribution in [0.3, 0.4) is 0 Å². The van der Waals surface area contributed by atoms with Crippen LogP contribution in [0.1, 0.15) is 19.4 Å².